The summed E-state index contributed by atoms with van der Waals surface area (Å²) in [6.45, 7) is 3.40. The van der Waals surface area contributed by atoms with Gasteiger partial charge in [-0.2, -0.15) is 0 Å². The van der Waals surface area contributed by atoms with Crippen molar-refractivity contribution in [2.75, 3.05) is 20.7 Å². The minimum atomic E-state index is 0.389. The van der Waals surface area contributed by atoms with Crippen LogP contribution in [0.2, 0.25) is 0 Å². The van der Waals surface area contributed by atoms with Crippen molar-refractivity contribution in [1.29, 1.82) is 0 Å². The molecule has 0 heterocycles. The van der Waals surface area contributed by atoms with E-state index in [0.29, 0.717) is 18.0 Å². The van der Waals surface area contributed by atoms with Gasteiger partial charge in [-0.15, -0.1) is 0 Å². The molecular weight excluding hydrogens is 260 g/mol. The van der Waals surface area contributed by atoms with Crippen LogP contribution in [0.5, 0.6) is 5.75 Å². The van der Waals surface area contributed by atoms with E-state index < -0.39 is 0 Å². The van der Waals surface area contributed by atoms with Gasteiger partial charge in [-0.1, -0.05) is 31.0 Å². The minimum Gasteiger partial charge on any atom is -0.496 e. The Hall–Kier alpha value is -1.06. The highest BCUT2D eigenvalue weighted by Gasteiger charge is 2.24. The Morgan fingerprint density at radius 1 is 1.29 bits per heavy atom. The van der Waals surface area contributed by atoms with Gasteiger partial charge in [0, 0.05) is 18.6 Å². The third-order valence-electron chi connectivity index (χ3n) is 4.95. The number of nitrogens with zero attached hydrogens (tertiary/aromatic N) is 1. The van der Waals surface area contributed by atoms with E-state index in [9.17, 15) is 0 Å². The second-order valence-electron chi connectivity index (χ2n) is 6.51. The highest BCUT2D eigenvalue weighted by atomic mass is 16.5. The first-order valence-electron chi connectivity index (χ1n) is 8.19. The number of methoxy groups -OCH3 is 1. The lowest BCUT2D eigenvalue weighted by atomic mass is 9.84. The maximum Gasteiger partial charge on any atom is 0.122 e. The molecule has 0 amide bonds. The van der Waals surface area contributed by atoms with Gasteiger partial charge >= 0.3 is 0 Å². The van der Waals surface area contributed by atoms with Gasteiger partial charge in [-0.25, -0.2) is 0 Å². The van der Waals surface area contributed by atoms with Gasteiger partial charge in [0.25, 0.3) is 0 Å². The zero-order valence-electron chi connectivity index (χ0n) is 13.7. The molecule has 0 bridgehead atoms. The summed E-state index contributed by atoms with van der Waals surface area (Å²) in [5, 5.41) is 0. The number of ether oxygens (including phenoxy) is 1. The maximum absolute atomic E-state index is 6.28. The third-order valence-corrected chi connectivity index (χ3v) is 4.95. The topological polar surface area (TPSA) is 38.5 Å². The summed E-state index contributed by atoms with van der Waals surface area (Å²) < 4.78 is 5.45. The second kappa shape index (κ2) is 7.81. The van der Waals surface area contributed by atoms with Gasteiger partial charge in [0.05, 0.1) is 7.11 Å². The lowest BCUT2D eigenvalue weighted by Crippen LogP contribution is -2.43. The van der Waals surface area contributed by atoms with Crippen LogP contribution in [-0.4, -0.2) is 37.7 Å². The Labute approximate surface area is 129 Å². The van der Waals surface area contributed by atoms with Crippen LogP contribution in [0.3, 0.4) is 0 Å². The number of nitrogens with two attached hydrogens (primary N) is 1. The lowest BCUT2D eigenvalue weighted by molar-refractivity contribution is 0.174. The average Bonchev–Trinajstić information content (AvgIpc) is 2.50. The summed E-state index contributed by atoms with van der Waals surface area (Å²) in [7, 11) is 3.97. The van der Waals surface area contributed by atoms with Crippen molar-refractivity contribution in [2.24, 2.45) is 11.7 Å². The smallest absolute Gasteiger partial charge is 0.122 e. The highest BCUT2D eigenvalue weighted by Crippen LogP contribution is 2.25. The summed E-state index contributed by atoms with van der Waals surface area (Å²) in [5.41, 5.74) is 7.56. The summed E-state index contributed by atoms with van der Waals surface area (Å²) in [4.78, 5) is 2.46. The lowest BCUT2D eigenvalue weighted by Gasteiger charge is -2.34. The molecule has 0 saturated heterocycles. The van der Waals surface area contributed by atoms with Crippen LogP contribution in [0.15, 0.2) is 24.3 Å². The van der Waals surface area contributed by atoms with Gasteiger partial charge in [-0.3, -0.25) is 0 Å². The molecule has 118 valence electrons. The number of para-hydroxylation sites is 1. The van der Waals surface area contributed by atoms with Gasteiger partial charge in [-0.05, 0) is 50.8 Å². The number of benzene rings is 1. The van der Waals surface area contributed by atoms with E-state index in [4.69, 9.17) is 10.5 Å². The zero-order valence-corrected chi connectivity index (χ0v) is 13.7. The molecule has 3 nitrogen and oxygen atoms in total. The predicted molar refractivity (Wildman–Crippen MR) is 88.7 cm³/mol. The molecule has 0 radical (unpaired) electrons. The molecule has 3 unspecified atom stereocenters. The first kappa shape index (κ1) is 16.3. The van der Waals surface area contributed by atoms with Crippen LogP contribution in [0.1, 0.15) is 38.2 Å². The van der Waals surface area contributed by atoms with E-state index in [1.165, 1.54) is 31.2 Å². The molecular formula is C18H30N2O. The predicted octanol–water partition coefficient (Wildman–Crippen LogP) is 3.08. The van der Waals surface area contributed by atoms with Crippen LogP contribution in [0.4, 0.5) is 0 Å². The summed E-state index contributed by atoms with van der Waals surface area (Å²) in [5.74, 6) is 1.65. The van der Waals surface area contributed by atoms with Gasteiger partial charge < -0.3 is 15.4 Å². The quantitative estimate of drug-likeness (QED) is 0.875. The van der Waals surface area contributed by atoms with E-state index in [1.807, 2.05) is 12.1 Å². The third kappa shape index (κ3) is 4.45. The normalized spacial score (nSPS) is 24.0. The number of hydrogen-bond donors (Lipinski definition) is 1. The van der Waals surface area contributed by atoms with Crippen molar-refractivity contribution < 1.29 is 4.74 Å². The Kier molecular flexibility index (Phi) is 6.07. The fourth-order valence-corrected chi connectivity index (χ4v) is 3.36. The van der Waals surface area contributed by atoms with Crippen molar-refractivity contribution in [3.05, 3.63) is 29.8 Å². The van der Waals surface area contributed by atoms with Crippen LogP contribution in [0.25, 0.3) is 0 Å². The number of rotatable bonds is 6. The summed E-state index contributed by atoms with van der Waals surface area (Å²) in [6, 6.07) is 9.20. The molecule has 3 heteroatoms. The first-order valence-corrected chi connectivity index (χ1v) is 8.19. The molecule has 0 spiro atoms. The first-order chi connectivity index (χ1) is 10.1. The molecule has 3 atom stereocenters. The molecule has 1 aromatic carbocycles. The fourth-order valence-electron chi connectivity index (χ4n) is 3.36. The molecule has 2 rings (SSSR count). The molecule has 21 heavy (non-hydrogen) atoms. The van der Waals surface area contributed by atoms with Crippen LogP contribution < -0.4 is 10.5 Å². The molecule has 1 saturated carbocycles. The standard InChI is InChI=1S/C18H30N2O/c1-14(12-15-8-5-7-11-18(15)21-3)20(2)13-16-9-4-6-10-17(16)19/h5,7-8,11,14,16-17H,4,6,9-10,12-13,19H2,1-3H3. The van der Waals surface area contributed by atoms with Crippen LogP contribution >= 0.6 is 0 Å². The van der Waals surface area contributed by atoms with E-state index in [0.717, 1.165) is 18.7 Å². The van der Waals surface area contributed by atoms with E-state index >= 15 is 0 Å². The van der Waals surface area contributed by atoms with Crippen LogP contribution in [0, 0.1) is 5.92 Å². The van der Waals surface area contributed by atoms with Crippen molar-refractivity contribution in [3.63, 3.8) is 0 Å². The van der Waals surface area contributed by atoms with E-state index in [-0.39, 0.29) is 0 Å². The highest BCUT2D eigenvalue weighted by molar-refractivity contribution is 5.33. The van der Waals surface area contributed by atoms with Crippen LogP contribution in [-0.2, 0) is 6.42 Å². The minimum absolute atomic E-state index is 0.389. The molecule has 1 aromatic rings. The van der Waals surface area contributed by atoms with Crippen molar-refractivity contribution in [1.82, 2.24) is 4.90 Å². The molecule has 1 fully saturated rings. The molecule has 1 aliphatic carbocycles. The van der Waals surface area contributed by atoms with Crippen molar-refractivity contribution in [2.45, 2.75) is 51.1 Å². The van der Waals surface area contributed by atoms with E-state index in [2.05, 4.69) is 31.0 Å². The second-order valence-corrected chi connectivity index (χ2v) is 6.51. The zero-order chi connectivity index (χ0) is 15.2. The summed E-state index contributed by atoms with van der Waals surface area (Å²) >= 11 is 0. The molecule has 0 aliphatic heterocycles. The molecule has 1 aliphatic rings. The Morgan fingerprint density at radius 3 is 2.71 bits per heavy atom. The SMILES string of the molecule is COc1ccccc1CC(C)N(C)CC1CCCCC1N. The molecule has 2 N–H and O–H groups in total. The largest absolute Gasteiger partial charge is 0.496 e. The Bertz CT molecular complexity index is 435. The Morgan fingerprint density at radius 2 is 2.00 bits per heavy atom. The number of hydrogen-bond acceptors (Lipinski definition) is 3. The van der Waals surface area contributed by atoms with Gasteiger partial charge in [0.15, 0.2) is 0 Å². The maximum atomic E-state index is 6.28. The molecule has 0 aromatic heterocycles. The van der Waals surface area contributed by atoms with Gasteiger partial charge in [0.2, 0.25) is 0 Å². The van der Waals surface area contributed by atoms with Crippen molar-refractivity contribution in [3.8, 4) is 5.75 Å². The number of likely N-dealkylation sites (N-methyl/N-ethyl adjacent to an activating group) is 1. The Balaban J connectivity index is 1.91. The van der Waals surface area contributed by atoms with Crippen molar-refractivity contribution >= 4 is 0 Å². The average molecular weight is 290 g/mol. The fraction of sp³-hybridized carbons (Fsp3) is 0.667. The monoisotopic (exact) mass is 290 g/mol. The van der Waals surface area contributed by atoms with Gasteiger partial charge in [0.1, 0.15) is 5.75 Å². The van der Waals surface area contributed by atoms with E-state index in [1.54, 1.807) is 7.11 Å². The summed E-state index contributed by atoms with van der Waals surface area (Å²) in [6.07, 6.45) is 6.14.